The van der Waals surface area contributed by atoms with Crippen molar-refractivity contribution in [2.45, 2.75) is 20.8 Å². The number of nitrogen functional groups attached to an aromatic ring is 1. The minimum absolute atomic E-state index is 0.312. The van der Waals surface area contributed by atoms with Crippen LogP contribution in [0.1, 0.15) is 23.9 Å². The summed E-state index contributed by atoms with van der Waals surface area (Å²) in [4.78, 5) is 8.03. The second kappa shape index (κ2) is 3.22. The maximum atomic E-state index is 5.45. The molecule has 12 heavy (non-hydrogen) atoms. The van der Waals surface area contributed by atoms with Crippen LogP contribution >= 0.6 is 0 Å². The Morgan fingerprint density at radius 1 is 1.17 bits per heavy atom. The van der Waals surface area contributed by atoms with Crippen molar-refractivity contribution >= 4 is 5.95 Å². The lowest BCUT2D eigenvalue weighted by Gasteiger charge is -2.01. The molecule has 3 heteroatoms. The van der Waals surface area contributed by atoms with Gasteiger partial charge in [-0.25, -0.2) is 9.97 Å². The Morgan fingerprint density at radius 2 is 1.67 bits per heavy atom. The molecule has 1 rings (SSSR count). The normalized spacial score (nSPS) is 8.92. The summed E-state index contributed by atoms with van der Waals surface area (Å²) in [5.41, 5.74) is 8.02. The zero-order valence-electron chi connectivity index (χ0n) is 7.47. The van der Waals surface area contributed by atoms with Crippen LogP contribution in [0.3, 0.4) is 0 Å². The van der Waals surface area contributed by atoms with Gasteiger partial charge in [-0.2, -0.15) is 0 Å². The quantitative estimate of drug-likeness (QED) is 0.578. The summed E-state index contributed by atoms with van der Waals surface area (Å²) in [6.07, 6.45) is 0. The SMILES string of the molecule is CC#Cc1c(C)nc(N)nc1C. The molecule has 0 aliphatic carbocycles. The second-order valence-corrected chi connectivity index (χ2v) is 2.50. The number of aryl methyl sites for hydroxylation is 2. The molecule has 0 saturated carbocycles. The molecule has 0 atom stereocenters. The molecule has 0 spiro atoms. The fourth-order valence-electron chi connectivity index (χ4n) is 1.05. The van der Waals surface area contributed by atoms with Crippen LogP contribution in [0.4, 0.5) is 5.95 Å². The van der Waals surface area contributed by atoms with Crippen LogP contribution in [-0.2, 0) is 0 Å². The third kappa shape index (κ3) is 1.54. The molecule has 0 aliphatic heterocycles. The van der Waals surface area contributed by atoms with E-state index in [0.29, 0.717) is 5.95 Å². The lowest BCUT2D eigenvalue weighted by atomic mass is 10.2. The van der Waals surface area contributed by atoms with E-state index in [1.165, 1.54) is 0 Å². The second-order valence-electron chi connectivity index (χ2n) is 2.50. The first-order valence-corrected chi connectivity index (χ1v) is 3.68. The van der Waals surface area contributed by atoms with E-state index >= 15 is 0 Å². The molecule has 1 heterocycles. The van der Waals surface area contributed by atoms with Crippen molar-refractivity contribution in [2.24, 2.45) is 0 Å². The van der Waals surface area contributed by atoms with Gasteiger partial charge in [0.25, 0.3) is 0 Å². The van der Waals surface area contributed by atoms with E-state index < -0.39 is 0 Å². The molecule has 3 nitrogen and oxygen atoms in total. The maximum absolute atomic E-state index is 5.45. The predicted octanol–water partition coefficient (Wildman–Crippen LogP) is 1.05. The number of rotatable bonds is 0. The van der Waals surface area contributed by atoms with Gasteiger partial charge < -0.3 is 5.73 Å². The minimum atomic E-state index is 0.312. The summed E-state index contributed by atoms with van der Waals surface area (Å²) >= 11 is 0. The molecular formula is C9H11N3. The van der Waals surface area contributed by atoms with Crippen molar-refractivity contribution in [1.29, 1.82) is 0 Å². The third-order valence-electron chi connectivity index (χ3n) is 1.54. The van der Waals surface area contributed by atoms with Gasteiger partial charge in [-0.3, -0.25) is 0 Å². The van der Waals surface area contributed by atoms with Gasteiger partial charge in [-0.1, -0.05) is 5.92 Å². The van der Waals surface area contributed by atoms with E-state index in [1.807, 2.05) is 13.8 Å². The molecule has 0 radical (unpaired) electrons. The Bertz CT molecular complexity index is 335. The van der Waals surface area contributed by atoms with Crippen LogP contribution in [0.25, 0.3) is 0 Å². The fraction of sp³-hybridized carbons (Fsp3) is 0.333. The van der Waals surface area contributed by atoms with Gasteiger partial charge in [0.15, 0.2) is 0 Å². The van der Waals surface area contributed by atoms with E-state index in [1.54, 1.807) is 6.92 Å². The largest absolute Gasteiger partial charge is 0.368 e. The number of aromatic nitrogens is 2. The highest BCUT2D eigenvalue weighted by atomic mass is 15.0. The monoisotopic (exact) mass is 161 g/mol. The van der Waals surface area contributed by atoms with Crippen molar-refractivity contribution < 1.29 is 0 Å². The van der Waals surface area contributed by atoms with E-state index in [9.17, 15) is 0 Å². The standard InChI is InChI=1S/C9H11N3/c1-4-5-8-6(2)11-9(10)12-7(8)3/h1-3H3,(H2,10,11,12). The number of nitrogens with zero attached hydrogens (tertiary/aromatic N) is 2. The lowest BCUT2D eigenvalue weighted by molar-refractivity contribution is 1.06. The van der Waals surface area contributed by atoms with Crippen LogP contribution in [0.2, 0.25) is 0 Å². The maximum Gasteiger partial charge on any atom is 0.220 e. The average molecular weight is 161 g/mol. The molecule has 0 aliphatic rings. The van der Waals surface area contributed by atoms with Crippen molar-refractivity contribution in [3.63, 3.8) is 0 Å². The zero-order valence-corrected chi connectivity index (χ0v) is 7.47. The molecule has 62 valence electrons. The summed E-state index contributed by atoms with van der Waals surface area (Å²) in [6.45, 7) is 5.55. The van der Waals surface area contributed by atoms with Crippen LogP contribution in [0.5, 0.6) is 0 Å². The first-order valence-electron chi connectivity index (χ1n) is 3.68. The van der Waals surface area contributed by atoms with Crippen LogP contribution in [0.15, 0.2) is 0 Å². The Morgan fingerprint density at radius 3 is 2.08 bits per heavy atom. The van der Waals surface area contributed by atoms with Gasteiger partial charge in [-0.05, 0) is 20.8 Å². The van der Waals surface area contributed by atoms with Gasteiger partial charge in [0.05, 0.1) is 17.0 Å². The average Bonchev–Trinajstić information content (AvgIpc) is 1.96. The highest BCUT2D eigenvalue weighted by Gasteiger charge is 2.02. The van der Waals surface area contributed by atoms with Crippen LogP contribution < -0.4 is 5.73 Å². The van der Waals surface area contributed by atoms with Crippen molar-refractivity contribution in [3.05, 3.63) is 17.0 Å². The van der Waals surface area contributed by atoms with Crippen molar-refractivity contribution in [1.82, 2.24) is 9.97 Å². The summed E-state index contributed by atoms with van der Waals surface area (Å²) < 4.78 is 0. The van der Waals surface area contributed by atoms with Crippen LogP contribution in [0, 0.1) is 25.7 Å². The number of hydrogen-bond acceptors (Lipinski definition) is 3. The van der Waals surface area contributed by atoms with Gasteiger partial charge in [0.2, 0.25) is 5.95 Å². The van der Waals surface area contributed by atoms with E-state index in [0.717, 1.165) is 17.0 Å². The van der Waals surface area contributed by atoms with Gasteiger partial charge in [-0.15, -0.1) is 5.92 Å². The summed E-state index contributed by atoms with van der Waals surface area (Å²) in [6, 6.07) is 0. The number of hydrogen-bond donors (Lipinski definition) is 1. The molecule has 0 amide bonds. The Labute approximate surface area is 72.0 Å². The summed E-state index contributed by atoms with van der Waals surface area (Å²) in [5.74, 6) is 6.07. The lowest BCUT2D eigenvalue weighted by Crippen LogP contribution is -2.02. The topological polar surface area (TPSA) is 51.8 Å². The van der Waals surface area contributed by atoms with Crippen molar-refractivity contribution in [2.75, 3.05) is 5.73 Å². The molecule has 0 fully saturated rings. The summed E-state index contributed by atoms with van der Waals surface area (Å²) in [5, 5.41) is 0. The van der Waals surface area contributed by atoms with Gasteiger partial charge in [0.1, 0.15) is 0 Å². The highest BCUT2D eigenvalue weighted by molar-refractivity contribution is 5.42. The smallest absolute Gasteiger partial charge is 0.220 e. The molecule has 0 bridgehead atoms. The third-order valence-corrected chi connectivity index (χ3v) is 1.54. The molecule has 0 aromatic carbocycles. The van der Waals surface area contributed by atoms with E-state index in [4.69, 9.17) is 5.73 Å². The van der Waals surface area contributed by atoms with Crippen LogP contribution in [-0.4, -0.2) is 9.97 Å². The number of anilines is 1. The zero-order chi connectivity index (χ0) is 9.14. The van der Waals surface area contributed by atoms with E-state index in [-0.39, 0.29) is 0 Å². The molecule has 0 saturated heterocycles. The molecule has 0 unspecified atom stereocenters. The minimum Gasteiger partial charge on any atom is -0.368 e. The van der Waals surface area contributed by atoms with E-state index in [2.05, 4.69) is 21.8 Å². The van der Waals surface area contributed by atoms with Gasteiger partial charge in [0, 0.05) is 0 Å². The fourth-order valence-corrected chi connectivity index (χ4v) is 1.05. The Balaban J connectivity index is 3.34. The number of nitrogens with two attached hydrogens (primary N) is 1. The molecular weight excluding hydrogens is 150 g/mol. The Hall–Kier alpha value is -1.56. The molecule has 1 aromatic heterocycles. The molecule has 2 N–H and O–H groups in total. The predicted molar refractivity (Wildman–Crippen MR) is 48.5 cm³/mol. The van der Waals surface area contributed by atoms with Gasteiger partial charge >= 0.3 is 0 Å². The molecule has 1 aromatic rings. The summed E-state index contributed by atoms with van der Waals surface area (Å²) in [7, 11) is 0. The highest BCUT2D eigenvalue weighted by Crippen LogP contribution is 2.08. The Kier molecular flexibility index (Phi) is 2.29. The van der Waals surface area contributed by atoms with Crippen molar-refractivity contribution in [3.8, 4) is 11.8 Å². The first-order chi connectivity index (χ1) is 5.65. The first kappa shape index (κ1) is 8.54.